The zero-order chi connectivity index (χ0) is 17.7. The number of carbonyl (C=O) groups is 1. The second-order valence-corrected chi connectivity index (χ2v) is 8.09. The predicted octanol–water partition coefficient (Wildman–Crippen LogP) is 2.87. The molecule has 0 atom stereocenters. The van der Waals surface area contributed by atoms with E-state index >= 15 is 0 Å². The molecule has 0 unspecified atom stereocenters. The third kappa shape index (κ3) is 2.38. The lowest BCUT2D eigenvalue weighted by Crippen LogP contribution is -2.40. The van der Waals surface area contributed by atoms with Crippen molar-refractivity contribution in [1.29, 1.82) is 0 Å². The summed E-state index contributed by atoms with van der Waals surface area (Å²) in [5, 5.41) is 2.86. The van der Waals surface area contributed by atoms with E-state index in [0.29, 0.717) is 17.1 Å². The minimum atomic E-state index is -3.79. The molecular weight excluding hydrogens is 340 g/mol. The van der Waals surface area contributed by atoms with Crippen molar-refractivity contribution >= 4 is 27.3 Å². The van der Waals surface area contributed by atoms with Gasteiger partial charge in [-0.1, -0.05) is 18.6 Å². The summed E-state index contributed by atoms with van der Waals surface area (Å²) < 4.78 is 33.3. The third-order valence-electron chi connectivity index (χ3n) is 5.06. The summed E-state index contributed by atoms with van der Waals surface area (Å²) in [6, 6.07) is 11.6. The molecule has 7 heteroatoms. The van der Waals surface area contributed by atoms with Gasteiger partial charge in [0.25, 0.3) is 10.0 Å². The molecule has 1 aliphatic heterocycles. The van der Waals surface area contributed by atoms with Crippen molar-refractivity contribution in [3.63, 3.8) is 0 Å². The van der Waals surface area contributed by atoms with Crippen molar-refractivity contribution in [1.82, 2.24) is 0 Å². The largest absolute Gasteiger partial charge is 0.495 e. The van der Waals surface area contributed by atoms with Gasteiger partial charge in [0.05, 0.1) is 23.1 Å². The van der Waals surface area contributed by atoms with Crippen molar-refractivity contribution in [3.8, 4) is 5.75 Å². The van der Waals surface area contributed by atoms with E-state index in [4.69, 9.17) is 4.74 Å². The van der Waals surface area contributed by atoms with Gasteiger partial charge in [-0.2, -0.15) is 0 Å². The summed E-state index contributed by atoms with van der Waals surface area (Å²) in [6.45, 7) is 0. The van der Waals surface area contributed by atoms with Gasteiger partial charge in [-0.25, -0.2) is 8.42 Å². The Bertz CT molecular complexity index is 965. The highest BCUT2D eigenvalue weighted by Crippen LogP contribution is 2.51. The number of rotatable bonds is 4. The molecule has 0 bridgehead atoms. The quantitative estimate of drug-likeness (QED) is 0.880. The van der Waals surface area contributed by atoms with E-state index in [1.54, 1.807) is 36.4 Å². The zero-order valence-electron chi connectivity index (χ0n) is 13.7. The van der Waals surface area contributed by atoms with Crippen LogP contribution < -0.4 is 14.8 Å². The van der Waals surface area contributed by atoms with Crippen molar-refractivity contribution < 1.29 is 17.9 Å². The minimum absolute atomic E-state index is 0.0269. The SMILES string of the molecule is COc1ccccc1NS(=O)(=O)c1ccc2c(c1)C1(CCC1)C(=O)N2. The molecule has 1 aliphatic carbocycles. The average molecular weight is 358 g/mol. The van der Waals surface area contributed by atoms with Crippen LogP contribution >= 0.6 is 0 Å². The molecule has 1 heterocycles. The number of hydrogen-bond acceptors (Lipinski definition) is 4. The first kappa shape index (κ1) is 16.0. The summed E-state index contributed by atoms with van der Waals surface area (Å²) in [4.78, 5) is 12.4. The second kappa shape index (κ2) is 5.49. The summed E-state index contributed by atoms with van der Waals surface area (Å²) in [7, 11) is -2.30. The van der Waals surface area contributed by atoms with Gasteiger partial charge in [0.1, 0.15) is 5.75 Å². The van der Waals surface area contributed by atoms with Gasteiger partial charge in [-0.05, 0) is 48.7 Å². The van der Waals surface area contributed by atoms with Crippen molar-refractivity contribution in [3.05, 3.63) is 48.0 Å². The molecule has 0 radical (unpaired) electrons. The van der Waals surface area contributed by atoms with Crippen LogP contribution in [0.3, 0.4) is 0 Å². The van der Waals surface area contributed by atoms with E-state index in [1.807, 2.05) is 0 Å². The van der Waals surface area contributed by atoms with Gasteiger partial charge in [-0.3, -0.25) is 9.52 Å². The topological polar surface area (TPSA) is 84.5 Å². The molecule has 1 fully saturated rings. The van der Waals surface area contributed by atoms with Crippen LogP contribution in [0.4, 0.5) is 11.4 Å². The fraction of sp³-hybridized carbons (Fsp3) is 0.278. The standard InChI is InChI=1S/C18H18N2O4S/c1-24-16-6-3-2-5-15(16)20-25(22,23)12-7-8-14-13(11-12)18(9-4-10-18)17(21)19-14/h2-3,5-8,11,20H,4,9-10H2,1H3,(H,19,21). The maximum atomic E-state index is 12.8. The molecular formula is C18H18N2O4S. The Morgan fingerprint density at radius 3 is 2.60 bits per heavy atom. The first-order chi connectivity index (χ1) is 12.0. The van der Waals surface area contributed by atoms with E-state index < -0.39 is 15.4 Å². The first-order valence-corrected chi connectivity index (χ1v) is 9.56. The van der Waals surface area contributed by atoms with Crippen LogP contribution in [0.5, 0.6) is 5.75 Å². The molecule has 2 N–H and O–H groups in total. The van der Waals surface area contributed by atoms with Crippen molar-refractivity contribution in [2.75, 3.05) is 17.1 Å². The highest BCUT2D eigenvalue weighted by molar-refractivity contribution is 7.92. The maximum Gasteiger partial charge on any atom is 0.262 e. The van der Waals surface area contributed by atoms with Gasteiger partial charge in [0.15, 0.2) is 0 Å². The van der Waals surface area contributed by atoms with Crippen LogP contribution in [-0.4, -0.2) is 21.4 Å². The summed E-state index contributed by atoms with van der Waals surface area (Å²) >= 11 is 0. The molecule has 2 aromatic carbocycles. The third-order valence-corrected chi connectivity index (χ3v) is 6.42. The van der Waals surface area contributed by atoms with Gasteiger partial charge in [-0.15, -0.1) is 0 Å². The van der Waals surface area contributed by atoms with Gasteiger partial charge in [0.2, 0.25) is 5.91 Å². The lowest BCUT2D eigenvalue weighted by Gasteiger charge is -2.36. The summed E-state index contributed by atoms with van der Waals surface area (Å²) in [5.41, 5.74) is 1.32. The molecule has 1 saturated carbocycles. The molecule has 4 rings (SSSR count). The van der Waals surface area contributed by atoms with Crippen LogP contribution in [0, 0.1) is 0 Å². The smallest absolute Gasteiger partial charge is 0.262 e. The second-order valence-electron chi connectivity index (χ2n) is 6.40. The minimum Gasteiger partial charge on any atom is -0.495 e. The Balaban J connectivity index is 1.72. The number of para-hydroxylation sites is 2. The molecule has 0 saturated heterocycles. The summed E-state index contributed by atoms with van der Waals surface area (Å²) in [5.74, 6) is 0.417. The number of amides is 1. The number of nitrogens with one attached hydrogen (secondary N) is 2. The number of hydrogen-bond donors (Lipinski definition) is 2. The van der Waals surface area contributed by atoms with Crippen LogP contribution in [0.2, 0.25) is 0 Å². The normalized spacial score (nSPS) is 17.6. The Kier molecular flexibility index (Phi) is 3.50. The van der Waals surface area contributed by atoms with Gasteiger partial charge < -0.3 is 10.1 Å². The van der Waals surface area contributed by atoms with E-state index in [2.05, 4.69) is 10.0 Å². The number of benzene rings is 2. The number of ether oxygens (including phenoxy) is 1. The molecule has 130 valence electrons. The maximum absolute atomic E-state index is 12.8. The highest BCUT2D eigenvalue weighted by atomic mass is 32.2. The van der Waals surface area contributed by atoms with Crippen LogP contribution in [-0.2, 0) is 20.2 Å². The molecule has 1 spiro atoms. The predicted molar refractivity (Wildman–Crippen MR) is 94.4 cm³/mol. The zero-order valence-corrected chi connectivity index (χ0v) is 14.5. The molecule has 2 aromatic rings. The average Bonchev–Trinajstić information content (AvgIpc) is 2.86. The molecule has 6 nitrogen and oxygen atoms in total. The number of anilines is 2. The summed E-state index contributed by atoms with van der Waals surface area (Å²) in [6.07, 6.45) is 2.49. The van der Waals surface area contributed by atoms with Gasteiger partial charge in [0, 0.05) is 5.69 Å². The Hall–Kier alpha value is -2.54. The molecule has 1 amide bonds. The van der Waals surface area contributed by atoms with E-state index in [1.165, 1.54) is 13.2 Å². The van der Waals surface area contributed by atoms with E-state index in [0.717, 1.165) is 24.8 Å². The number of fused-ring (bicyclic) bond motifs is 2. The Morgan fingerprint density at radius 1 is 1.16 bits per heavy atom. The van der Waals surface area contributed by atoms with Gasteiger partial charge >= 0.3 is 0 Å². The fourth-order valence-electron chi connectivity index (χ4n) is 3.52. The van der Waals surface area contributed by atoms with Crippen molar-refractivity contribution in [2.24, 2.45) is 0 Å². The molecule has 0 aromatic heterocycles. The van der Waals surface area contributed by atoms with Crippen LogP contribution in [0.25, 0.3) is 0 Å². The van der Waals surface area contributed by atoms with Crippen LogP contribution in [0.1, 0.15) is 24.8 Å². The lowest BCUT2D eigenvalue weighted by atomic mass is 9.65. The van der Waals surface area contributed by atoms with Crippen LogP contribution in [0.15, 0.2) is 47.4 Å². The Labute approximate surface area is 146 Å². The molecule has 2 aliphatic rings. The Morgan fingerprint density at radius 2 is 1.92 bits per heavy atom. The number of carbonyl (C=O) groups excluding carboxylic acids is 1. The van der Waals surface area contributed by atoms with E-state index in [-0.39, 0.29) is 10.8 Å². The number of sulfonamides is 1. The first-order valence-electron chi connectivity index (χ1n) is 8.08. The molecule has 25 heavy (non-hydrogen) atoms. The monoisotopic (exact) mass is 358 g/mol. The highest BCUT2D eigenvalue weighted by Gasteiger charge is 2.51. The fourth-order valence-corrected chi connectivity index (χ4v) is 4.62. The number of methoxy groups -OCH3 is 1. The lowest BCUT2D eigenvalue weighted by molar-refractivity contribution is -0.123. The van der Waals surface area contributed by atoms with E-state index in [9.17, 15) is 13.2 Å². The van der Waals surface area contributed by atoms with Crippen molar-refractivity contribution in [2.45, 2.75) is 29.6 Å².